The molecule has 0 aliphatic heterocycles. The third-order valence-electron chi connectivity index (χ3n) is 2.27. The molecule has 0 nitrogen and oxygen atoms in total. The van der Waals surface area contributed by atoms with Crippen molar-refractivity contribution in [2.45, 2.75) is 18.9 Å². The van der Waals surface area contributed by atoms with Crippen LogP contribution >= 0.6 is 11.1 Å². The van der Waals surface area contributed by atoms with E-state index < -0.39 is 8.11 Å². The molecule has 0 amide bonds. The van der Waals surface area contributed by atoms with E-state index in [9.17, 15) is 0 Å². The normalized spacial score (nSPS) is 13.8. The Bertz CT molecular complexity index is 279. The summed E-state index contributed by atoms with van der Waals surface area (Å²) in [6.45, 7) is 8.13. The van der Waals surface area contributed by atoms with Crippen LogP contribution in [0.2, 0.25) is 5.04 Å². The average Bonchev–Trinajstić information content (AvgIpc) is 2.18. The highest BCUT2D eigenvalue weighted by molar-refractivity contribution is 7.16. The molecule has 70 valence electrons. The Morgan fingerprint density at radius 2 is 1.85 bits per heavy atom. The van der Waals surface area contributed by atoms with Crippen molar-refractivity contribution in [3.63, 3.8) is 0 Å². The minimum Gasteiger partial charge on any atom is -0.165 e. The number of allylic oxidation sites excluding steroid dienone is 1. The molecule has 2 heteroatoms. The lowest BCUT2D eigenvalue weighted by Crippen LogP contribution is -2.33. The van der Waals surface area contributed by atoms with Crippen molar-refractivity contribution in [3.8, 4) is 0 Å². The van der Waals surface area contributed by atoms with E-state index >= 15 is 0 Å². The second-order valence-corrected chi connectivity index (χ2v) is 7.99. The molecule has 0 radical (unpaired) electrons. The monoisotopic (exact) mass is 210 g/mol. The molecule has 0 aliphatic carbocycles. The van der Waals surface area contributed by atoms with E-state index in [1.807, 2.05) is 24.3 Å². The molecule has 0 heterocycles. The topological polar surface area (TPSA) is 0 Å². The van der Waals surface area contributed by atoms with Gasteiger partial charge in [0.05, 0.1) is 0 Å². The summed E-state index contributed by atoms with van der Waals surface area (Å²) in [6, 6.07) is 10.3. The lowest BCUT2D eigenvalue weighted by Gasteiger charge is -2.24. The van der Waals surface area contributed by atoms with Gasteiger partial charge in [-0.1, -0.05) is 50.3 Å². The van der Waals surface area contributed by atoms with Gasteiger partial charge in [-0.3, -0.25) is 0 Å². The van der Waals surface area contributed by atoms with Crippen LogP contribution < -0.4 is 5.19 Å². The van der Waals surface area contributed by atoms with Gasteiger partial charge in [0.25, 0.3) is 0 Å². The molecule has 0 N–H and O–H groups in total. The Balaban J connectivity index is 2.91. The van der Waals surface area contributed by atoms with Crippen molar-refractivity contribution in [3.05, 3.63) is 43.0 Å². The van der Waals surface area contributed by atoms with Gasteiger partial charge in [-0.2, -0.15) is 11.1 Å². The van der Waals surface area contributed by atoms with E-state index in [-0.39, 0.29) is 5.04 Å². The molecular formula is C11H15ClSi. The Kier molecular flexibility index (Phi) is 3.34. The van der Waals surface area contributed by atoms with Gasteiger partial charge in [0.15, 0.2) is 8.11 Å². The summed E-state index contributed by atoms with van der Waals surface area (Å²) in [4.78, 5) is 0. The first-order valence-corrected chi connectivity index (χ1v) is 7.30. The van der Waals surface area contributed by atoms with Crippen LogP contribution in [0.25, 0.3) is 0 Å². The summed E-state index contributed by atoms with van der Waals surface area (Å²) in [7, 11) is -1.42. The molecule has 1 aromatic rings. The van der Waals surface area contributed by atoms with Gasteiger partial charge in [-0.05, 0) is 10.2 Å². The van der Waals surface area contributed by atoms with Gasteiger partial charge in [-0.25, -0.2) is 0 Å². The standard InChI is InChI=1S/C11H15ClSi/c1-4-11(2,3)13(12)10-8-6-5-7-9-10/h4-9,13H,1H2,2-3H3. The molecule has 0 aromatic heterocycles. The molecule has 0 bridgehead atoms. The molecule has 1 aromatic carbocycles. The molecule has 1 rings (SSSR count). The number of hydrogen-bond acceptors (Lipinski definition) is 0. The van der Waals surface area contributed by atoms with Crippen LogP contribution in [0.5, 0.6) is 0 Å². The van der Waals surface area contributed by atoms with Crippen molar-refractivity contribution in [1.82, 2.24) is 0 Å². The number of benzene rings is 1. The maximum atomic E-state index is 6.47. The molecule has 0 saturated heterocycles. The van der Waals surface area contributed by atoms with E-state index in [0.29, 0.717) is 0 Å². The Labute approximate surface area is 86.6 Å². The summed E-state index contributed by atoms with van der Waals surface area (Å²) < 4.78 is 0. The molecular weight excluding hydrogens is 196 g/mol. The van der Waals surface area contributed by atoms with Crippen LogP contribution in [0.15, 0.2) is 43.0 Å². The van der Waals surface area contributed by atoms with Crippen molar-refractivity contribution >= 4 is 24.4 Å². The van der Waals surface area contributed by atoms with Gasteiger partial charge < -0.3 is 0 Å². The summed E-state index contributed by atoms with van der Waals surface area (Å²) >= 11 is 6.47. The van der Waals surface area contributed by atoms with Crippen LogP contribution in [-0.2, 0) is 0 Å². The molecule has 1 atom stereocenters. The Morgan fingerprint density at radius 3 is 2.31 bits per heavy atom. The zero-order valence-electron chi connectivity index (χ0n) is 8.13. The van der Waals surface area contributed by atoms with E-state index in [1.165, 1.54) is 5.19 Å². The van der Waals surface area contributed by atoms with Crippen molar-refractivity contribution in [1.29, 1.82) is 0 Å². The third-order valence-corrected chi connectivity index (χ3v) is 7.23. The Morgan fingerprint density at radius 1 is 1.31 bits per heavy atom. The second-order valence-electron chi connectivity index (χ2n) is 3.80. The van der Waals surface area contributed by atoms with Crippen LogP contribution in [0.1, 0.15) is 13.8 Å². The SMILES string of the molecule is C=CC(C)(C)[SiH](Cl)c1ccccc1. The molecule has 0 aliphatic rings. The van der Waals surface area contributed by atoms with Gasteiger partial charge in [-0.15, -0.1) is 6.58 Å². The quantitative estimate of drug-likeness (QED) is 0.409. The summed E-state index contributed by atoms with van der Waals surface area (Å²) in [5, 5.41) is 1.36. The van der Waals surface area contributed by atoms with Gasteiger partial charge in [0.2, 0.25) is 0 Å². The van der Waals surface area contributed by atoms with Crippen LogP contribution in [0.3, 0.4) is 0 Å². The molecule has 0 fully saturated rings. The van der Waals surface area contributed by atoms with Gasteiger partial charge in [0, 0.05) is 0 Å². The molecule has 1 unspecified atom stereocenters. The smallest absolute Gasteiger partial charge is 0.165 e. The number of hydrogen-bond donors (Lipinski definition) is 0. The van der Waals surface area contributed by atoms with Gasteiger partial charge >= 0.3 is 0 Å². The fraction of sp³-hybridized carbons (Fsp3) is 0.273. The first kappa shape index (κ1) is 10.5. The van der Waals surface area contributed by atoms with Crippen molar-refractivity contribution < 1.29 is 0 Å². The highest BCUT2D eigenvalue weighted by Gasteiger charge is 2.27. The maximum absolute atomic E-state index is 6.47. The largest absolute Gasteiger partial charge is 0.180 e. The fourth-order valence-electron chi connectivity index (χ4n) is 1.16. The predicted molar refractivity (Wildman–Crippen MR) is 63.3 cm³/mol. The third kappa shape index (κ3) is 2.45. The highest BCUT2D eigenvalue weighted by atomic mass is 35.6. The molecule has 0 saturated carbocycles. The molecule has 0 spiro atoms. The summed E-state index contributed by atoms with van der Waals surface area (Å²) in [5.41, 5.74) is 0. The second kappa shape index (κ2) is 4.12. The zero-order valence-corrected chi connectivity index (χ0v) is 10.0. The fourth-order valence-corrected chi connectivity index (χ4v) is 3.48. The summed E-state index contributed by atoms with van der Waals surface area (Å²) in [5.74, 6) is 0. The highest BCUT2D eigenvalue weighted by Crippen LogP contribution is 2.31. The summed E-state index contributed by atoms with van der Waals surface area (Å²) in [6.07, 6.45) is 1.96. The first-order chi connectivity index (χ1) is 6.08. The number of halogens is 1. The van der Waals surface area contributed by atoms with Crippen LogP contribution in [-0.4, -0.2) is 8.11 Å². The van der Waals surface area contributed by atoms with Crippen molar-refractivity contribution in [2.75, 3.05) is 0 Å². The molecule has 13 heavy (non-hydrogen) atoms. The average molecular weight is 211 g/mol. The first-order valence-electron chi connectivity index (χ1n) is 4.40. The van der Waals surface area contributed by atoms with Crippen LogP contribution in [0.4, 0.5) is 0 Å². The zero-order chi connectivity index (χ0) is 9.90. The van der Waals surface area contributed by atoms with E-state index in [2.05, 4.69) is 32.6 Å². The van der Waals surface area contributed by atoms with Crippen molar-refractivity contribution in [2.24, 2.45) is 0 Å². The predicted octanol–water partition coefficient (Wildman–Crippen LogP) is 2.82. The Hall–Kier alpha value is -0.533. The van der Waals surface area contributed by atoms with E-state index in [1.54, 1.807) is 0 Å². The van der Waals surface area contributed by atoms with E-state index in [4.69, 9.17) is 11.1 Å². The minimum atomic E-state index is -1.42. The lowest BCUT2D eigenvalue weighted by molar-refractivity contribution is 0.850. The maximum Gasteiger partial charge on any atom is 0.180 e. The van der Waals surface area contributed by atoms with Gasteiger partial charge in [0.1, 0.15) is 0 Å². The lowest BCUT2D eigenvalue weighted by atomic mass is 10.2. The van der Waals surface area contributed by atoms with E-state index in [0.717, 1.165) is 0 Å². The number of rotatable bonds is 3. The van der Waals surface area contributed by atoms with Crippen LogP contribution in [0, 0.1) is 0 Å². The minimum absolute atomic E-state index is 0.0723.